The van der Waals surface area contributed by atoms with Gasteiger partial charge >= 0.3 is 6.36 Å². The first-order valence-electron chi connectivity index (χ1n) is 10.9. The number of halogens is 3. The maximum absolute atomic E-state index is 12.9. The van der Waals surface area contributed by atoms with Gasteiger partial charge in [0.2, 0.25) is 10.0 Å². The standard InChI is InChI=1S/C26H25F3N2O4S/c1-25(2,19-13-22(34-3)16-23(14-19)35-26(27,28)29)18-6-5-7-21(12-18)31-11-10-17-8-9-20(15-24(17)31)30-36(4,32)33/h5-16,30H,1-4H3. The number of aromatic nitrogens is 1. The minimum Gasteiger partial charge on any atom is -0.497 e. The topological polar surface area (TPSA) is 69.6 Å². The maximum atomic E-state index is 12.9. The monoisotopic (exact) mass is 518 g/mol. The zero-order valence-corrected chi connectivity index (χ0v) is 20.9. The smallest absolute Gasteiger partial charge is 0.497 e. The molecular formula is C26H25F3N2O4S. The van der Waals surface area contributed by atoms with Crippen LogP contribution in [-0.2, 0) is 15.4 Å². The molecule has 190 valence electrons. The number of fused-ring (bicyclic) bond motifs is 1. The van der Waals surface area contributed by atoms with Crippen LogP contribution in [0.25, 0.3) is 16.6 Å². The van der Waals surface area contributed by atoms with Crippen molar-refractivity contribution in [2.45, 2.75) is 25.6 Å². The fraction of sp³-hybridized carbons (Fsp3) is 0.231. The predicted molar refractivity (Wildman–Crippen MR) is 134 cm³/mol. The van der Waals surface area contributed by atoms with Crippen molar-refractivity contribution < 1.29 is 31.1 Å². The summed E-state index contributed by atoms with van der Waals surface area (Å²) in [6.45, 7) is 3.81. The molecule has 0 unspecified atom stereocenters. The molecule has 10 heteroatoms. The van der Waals surface area contributed by atoms with Crippen molar-refractivity contribution in [3.8, 4) is 17.2 Å². The molecule has 0 aliphatic heterocycles. The van der Waals surface area contributed by atoms with Crippen molar-refractivity contribution in [1.82, 2.24) is 4.57 Å². The molecule has 4 aromatic rings. The van der Waals surface area contributed by atoms with E-state index >= 15 is 0 Å². The van der Waals surface area contributed by atoms with Gasteiger partial charge in [0, 0.05) is 28.8 Å². The number of methoxy groups -OCH3 is 1. The number of hydrogen-bond acceptors (Lipinski definition) is 4. The van der Waals surface area contributed by atoms with Crippen LogP contribution < -0.4 is 14.2 Å². The second-order valence-corrected chi connectivity index (χ2v) is 10.7. The highest BCUT2D eigenvalue weighted by molar-refractivity contribution is 7.92. The van der Waals surface area contributed by atoms with Crippen molar-refractivity contribution in [1.29, 1.82) is 0 Å². The van der Waals surface area contributed by atoms with Crippen LogP contribution in [0.15, 0.2) is 72.9 Å². The summed E-state index contributed by atoms with van der Waals surface area (Å²) in [5, 5.41) is 0.917. The number of nitrogens with zero attached hydrogens (tertiary/aromatic N) is 1. The van der Waals surface area contributed by atoms with Crippen LogP contribution >= 0.6 is 0 Å². The lowest BCUT2D eigenvalue weighted by Gasteiger charge is -2.28. The Hall–Kier alpha value is -3.66. The summed E-state index contributed by atoms with van der Waals surface area (Å²) in [6.07, 6.45) is -1.86. The highest BCUT2D eigenvalue weighted by Gasteiger charge is 2.32. The summed E-state index contributed by atoms with van der Waals surface area (Å²) in [6, 6.07) is 19.0. The van der Waals surface area contributed by atoms with Crippen LogP contribution in [0.4, 0.5) is 18.9 Å². The third-order valence-electron chi connectivity index (χ3n) is 5.91. The minimum atomic E-state index is -4.83. The Kier molecular flexibility index (Phi) is 6.42. The van der Waals surface area contributed by atoms with Gasteiger partial charge in [-0.15, -0.1) is 13.2 Å². The molecule has 4 rings (SSSR count). The lowest BCUT2D eigenvalue weighted by Crippen LogP contribution is -2.21. The Balaban J connectivity index is 1.77. The van der Waals surface area contributed by atoms with E-state index in [4.69, 9.17) is 4.74 Å². The SMILES string of the molecule is COc1cc(OC(F)(F)F)cc(C(C)(C)c2cccc(-n3ccc4ccc(NS(C)(=O)=O)cc43)c2)c1. The van der Waals surface area contributed by atoms with E-state index in [2.05, 4.69) is 9.46 Å². The van der Waals surface area contributed by atoms with E-state index in [9.17, 15) is 21.6 Å². The van der Waals surface area contributed by atoms with E-state index in [0.717, 1.165) is 28.4 Å². The lowest BCUT2D eigenvalue weighted by molar-refractivity contribution is -0.274. The van der Waals surface area contributed by atoms with Crippen LogP contribution in [0.2, 0.25) is 0 Å². The second kappa shape index (κ2) is 9.09. The molecule has 6 nitrogen and oxygen atoms in total. The molecule has 0 atom stereocenters. The molecule has 0 fully saturated rings. The molecule has 0 saturated carbocycles. The Morgan fingerprint density at radius 2 is 1.61 bits per heavy atom. The van der Waals surface area contributed by atoms with Gasteiger partial charge in [-0.1, -0.05) is 32.0 Å². The van der Waals surface area contributed by atoms with Gasteiger partial charge in [0.15, 0.2) is 0 Å². The minimum absolute atomic E-state index is 0.248. The van der Waals surface area contributed by atoms with Crippen molar-refractivity contribution in [3.05, 3.63) is 84.1 Å². The van der Waals surface area contributed by atoms with Gasteiger partial charge < -0.3 is 14.0 Å². The number of benzene rings is 3. The van der Waals surface area contributed by atoms with Crippen LogP contribution in [0.1, 0.15) is 25.0 Å². The van der Waals surface area contributed by atoms with Gasteiger partial charge in [-0.2, -0.15) is 0 Å². The van der Waals surface area contributed by atoms with E-state index in [1.54, 1.807) is 18.2 Å². The average Bonchev–Trinajstić information content (AvgIpc) is 3.20. The Morgan fingerprint density at radius 1 is 0.889 bits per heavy atom. The van der Waals surface area contributed by atoms with E-state index in [1.165, 1.54) is 19.2 Å². The summed E-state index contributed by atoms with van der Waals surface area (Å²) in [5.41, 5.74) is 2.76. The zero-order valence-electron chi connectivity index (χ0n) is 20.1. The van der Waals surface area contributed by atoms with Crippen LogP contribution in [0, 0.1) is 0 Å². The summed E-state index contributed by atoms with van der Waals surface area (Å²) in [7, 11) is -2.05. The van der Waals surface area contributed by atoms with Gasteiger partial charge in [-0.25, -0.2) is 8.42 Å². The first kappa shape index (κ1) is 25.4. The first-order valence-corrected chi connectivity index (χ1v) is 12.8. The summed E-state index contributed by atoms with van der Waals surface area (Å²) in [5.74, 6) is -0.110. The largest absolute Gasteiger partial charge is 0.573 e. The normalized spacial score (nSPS) is 12.5. The number of alkyl halides is 3. The quantitative estimate of drug-likeness (QED) is 0.315. The van der Waals surface area contributed by atoms with Crippen molar-refractivity contribution in [2.75, 3.05) is 18.1 Å². The lowest BCUT2D eigenvalue weighted by atomic mass is 9.78. The van der Waals surface area contributed by atoms with E-state index < -0.39 is 21.8 Å². The molecule has 1 N–H and O–H groups in total. The fourth-order valence-corrected chi connectivity index (χ4v) is 4.64. The highest BCUT2D eigenvalue weighted by Crippen LogP contribution is 2.38. The molecule has 3 aromatic carbocycles. The molecule has 0 aliphatic carbocycles. The van der Waals surface area contributed by atoms with Crippen molar-refractivity contribution >= 4 is 26.6 Å². The van der Waals surface area contributed by atoms with E-state index in [0.29, 0.717) is 11.3 Å². The van der Waals surface area contributed by atoms with E-state index in [-0.39, 0.29) is 11.5 Å². The first-order chi connectivity index (χ1) is 16.7. The molecule has 0 bridgehead atoms. The third kappa shape index (κ3) is 5.59. The number of sulfonamides is 1. The highest BCUT2D eigenvalue weighted by atomic mass is 32.2. The van der Waals surface area contributed by atoms with Crippen molar-refractivity contribution in [2.24, 2.45) is 0 Å². The zero-order chi connectivity index (χ0) is 26.3. The molecule has 0 radical (unpaired) electrons. The van der Waals surface area contributed by atoms with Gasteiger partial charge in [0.25, 0.3) is 0 Å². The number of rotatable bonds is 7. The summed E-state index contributed by atoms with van der Waals surface area (Å²) in [4.78, 5) is 0. The maximum Gasteiger partial charge on any atom is 0.573 e. The van der Waals surface area contributed by atoms with Gasteiger partial charge in [0.1, 0.15) is 11.5 Å². The second-order valence-electron chi connectivity index (χ2n) is 8.95. The molecule has 36 heavy (non-hydrogen) atoms. The summed E-state index contributed by atoms with van der Waals surface area (Å²) < 4.78 is 75.8. The number of anilines is 1. The number of hydrogen-bond donors (Lipinski definition) is 1. The van der Waals surface area contributed by atoms with Crippen LogP contribution in [0.5, 0.6) is 11.5 Å². The fourth-order valence-electron chi connectivity index (χ4n) is 4.09. The molecule has 0 spiro atoms. The molecule has 1 aromatic heterocycles. The van der Waals surface area contributed by atoms with Crippen molar-refractivity contribution in [3.63, 3.8) is 0 Å². The predicted octanol–water partition coefficient (Wildman–Crippen LogP) is 6.24. The molecule has 0 aliphatic rings. The molecular weight excluding hydrogens is 493 g/mol. The number of ether oxygens (including phenoxy) is 2. The average molecular weight is 519 g/mol. The van der Waals surface area contributed by atoms with Crippen LogP contribution in [0.3, 0.4) is 0 Å². The summed E-state index contributed by atoms with van der Waals surface area (Å²) >= 11 is 0. The number of nitrogens with one attached hydrogen (secondary N) is 1. The Labute approximate surface area is 207 Å². The Bertz CT molecular complexity index is 1530. The van der Waals surface area contributed by atoms with Gasteiger partial charge in [0.05, 0.1) is 24.6 Å². The molecule has 0 saturated heterocycles. The van der Waals surface area contributed by atoms with Gasteiger partial charge in [-0.3, -0.25) is 4.72 Å². The Morgan fingerprint density at radius 3 is 2.28 bits per heavy atom. The molecule has 1 heterocycles. The third-order valence-corrected chi connectivity index (χ3v) is 6.52. The van der Waals surface area contributed by atoms with E-state index in [1.807, 2.05) is 61.0 Å². The van der Waals surface area contributed by atoms with Gasteiger partial charge in [-0.05, 0) is 53.6 Å². The molecule has 0 amide bonds. The van der Waals surface area contributed by atoms with Crippen LogP contribution in [-0.4, -0.2) is 32.7 Å².